The van der Waals surface area contributed by atoms with Gasteiger partial charge in [0.15, 0.2) is 0 Å². The lowest BCUT2D eigenvalue weighted by Gasteiger charge is -2.27. The van der Waals surface area contributed by atoms with Crippen molar-refractivity contribution < 1.29 is 13.9 Å². The van der Waals surface area contributed by atoms with Crippen LogP contribution in [0.2, 0.25) is 0 Å². The van der Waals surface area contributed by atoms with E-state index in [1.165, 1.54) is 7.11 Å². The Morgan fingerprint density at radius 3 is 2.77 bits per heavy atom. The highest BCUT2D eigenvalue weighted by molar-refractivity contribution is 5.80. The number of nitrogens with one attached hydrogen (secondary N) is 1. The Hall–Kier alpha value is -2.48. The number of carbonyl (C=O) groups excluding carboxylic acids is 1. The molecule has 8 heteroatoms. The van der Waals surface area contributed by atoms with Crippen molar-refractivity contribution in [3.05, 3.63) is 41.7 Å². The van der Waals surface area contributed by atoms with E-state index in [1.54, 1.807) is 4.68 Å². The van der Waals surface area contributed by atoms with Gasteiger partial charge in [-0.15, -0.1) is 5.10 Å². The van der Waals surface area contributed by atoms with Gasteiger partial charge >= 0.3 is 5.97 Å². The maximum atomic E-state index is 14.2. The molecule has 1 aliphatic carbocycles. The van der Waals surface area contributed by atoms with Crippen molar-refractivity contribution in [1.29, 1.82) is 0 Å². The number of benzene rings is 1. The first kappa shape index (κ1) is 20.8. The van der Waals surface area contributed by atoms with Crippen LogP contribution >= 0.6 is 0 Å². The van der Waals surface area contributed by atoms with E-state index in [9.17, 15) is 9.18 Å². The van der Waals surface area contributed by atoms with E-state index in [2.05, 4.69) is 32.7 Å². The van der Waals surface area contributed by atoms with Crippen LogP contribution in [0.3, 0.4) is 0 Å². The lowest BCUT2D eigenvalue weighted by atomic mass is 9.88. The zero-order valence-corrected chi connectivity index (χ0v) is 17.7. The van der Waals surface area contributed by atoms with Crippen molar-refractivity contribution in [3.63, 3.8) is 0 Å². The van der Waals surface area contributed by atoms with Crippen LogP contribution in [-0.4, -0.2) is 60.9 Å². The summed E-state index contributed by atoms with van der Waals surface area (Å²) in [5.41, 5.74) is 2.76. The minimum atomic E-state index is -0.479. The number of alkyl halides is 1. The minimum absolute atomic E-state index is 0.187. The van der Waals surface area contributed by atoms with Crippen LogP contribution in [0.4, 0.5) is 10.1 Å². The molecule has 2 fully saturated rings. The van der Waals surface area contributed by atoms with Gasteiger partial charge in [0.1, 0.15) is 12.7 Å². The van der Waals surface area contributed by atoms with Crippen molar-refractivity contribution in [2.45, 2.75) is 49.6 Å². The predicted octanol–water partition coefficient (Wildman–Crippen LogP) is 2.42. The molecule has 2 aromatic rings. The monoisotopic (exact) mass is 415 g/mol. The average molecular weight is 416 g/mol. The summed E-state index contributed by atoms with van der Waals surface area (Å²) in [6, 6.07) is 7.68. The molecule has 162 valence electrons. The van der Waals surface area contributed by atoms with Gasteiger partial charge < -0.3 is 15.0 Å². The fourth-order valence-electron chi connectivity index (χ4n) is 4.70. The molecule has 7 nitrogen and oxygen atoms in total. The van der Waals surface area contributed by atoms with Crippen LogP contribution in [0.15, 0.2) is 30.5 Å². The number of carbonyl (C=O) groups is 1. The Kier molecular flexibility index (Phi) is 6.04. The number of methoxy groups -OCH3 is 1. The second kappa shape index (κ2) is 8.71. The van der Waals surface area contributed by atoms with Crippen molar-refractivity contribution in [1.82, 2.24) is 20.3 Å². The summed E-state index contributed by atoms with van der Waals surface area (Å²) in [5.74, 6) is -0.187. The fourth-order valence-corrected chi connectivity index (χ4v) is 4.70. The van der Waals surface area contributed by atoms with E-state index in [0.29, 0.717) is 0 Å². The second-order valence-electron chi connectivity index (χ2n) is 8.29. The topological polar surface area (TPSA) is 72.3 Å². The number of aromatic nitrogens is 3. The number of hydrogen-bond acceptors (Lipinski definition) is 6. The summed E-state index contributed by atoms with van der Waals surface area (Å²) in [7, 11) is 3.33. The number of nitrogens with zero attached hydrogens (tertiary/aromatic N) is 4. The molecule has 1 aliphatic heterocycles. The van der Waals surface area contributed by atoms with E-state index < -0.39 is 6.67 Å². The molecule has 0 bridgehead atoms. The van der Waals surface area contributed by atoms with Crippen LogP contribution in [-0.2, 0) is 21.4 Å². The smallest absolute Gasteiger partial charge is 0.328 e. The summed E-state index contributed by atoms with van der Waals surface area (Å²) < 4.78 is 20.8. The molecule has 4 rings (SSSR count). The lowest BCUT2D eigenvalue weighted by molar-refractivity contribution is -0.141. The van der Waals surface area contributed by atoms with Crippen LogP contribution in [0.1, 0.15) is 43.0 Å². The first-order valence-electron chi connectivity index (χ1n) is 10.7. The first-order valence-corrected chi connectivity index (χ1v) is 10.7. The standard InChI is InChI=1S/C22H30FN5O2/c1-24-12-9-17-15-28(26-25-17)20(14-23)22(10-11-22)16-5-7-18(8-6-16)27-13-3-4-19(27)21(29)30-2/h5-8,15,19-20,24H,3-4,9-14H2,1-2H3/t19-,20-/m1/s1. The van der Waals surface area contributed by atoms with Gasteiger partial charge in [0.2, 0.25) is 0 Å². The summed E-state index contributed by atoms with van der Waals surface area (Å²) in [6.07, 6.45) is 6.29. The maximum absolute atomic E-state index is 14.2. The molecule has 2 aliphatic rings. The molecular weight excluding hydrogens is 385 g/mol. The lowest BCUT2D eigenvalue weighted by Crippen LogP contribution is -2.36. The Morgan fingerprint density at radius 2 is 2.13 bits per heavy atom. The van der Waals surface area contributed by atoms with Gasteiger partial charge in [0.05, 0.1) is 18.8 Å². The highest BCUT2D eigenvalue weighted by Crippen LogP contribution is 2.56. The van der Waals surface area contributed by atoms with Gasteiger partial charge in [-0.1, -0.05) is 17.3 Å². The third-order valence-electron chi connectivity index (χ3n) is 6.58. The van der Waals surface area contributed by atoms with Crippen LogP contribution in [0, 0.1) is 0 Å². The Labute approximate surface area is 176 Å². The number of rotatable bonds is 9. The summed E-state index contributed by atoms with van der Waals surface area (Å²) >= 11 is 0. The molecule has 1 N–H and O–H groups in total. The molecule has 2 heterocycles. The number of halogens is 1. The molecule has 1 saturated carbocycles. The van der Waals surface area contributed by atoms with Crippen molar-refractivity contribution >= 4 is 11.7 Å². The average Bonchev–Trinajstić information content (AvgIpc) is 3.20. The molecule has 1 saturated heterocycles. The maximum Gasteiger partial charge on any atom is 0.328 e. The summed E-state index contributed by atoms with van der Waals surface area (Å²) in [4.78, 5) is 14.2. The van der Waals surface area contributed by atoms with Crippen LogP contribution in [0.25, 0.3) is 0 Å². The second-order valence-corrected chi connectivity index (χ2v) is 8.29. The number of ether oxygens (including phenoxy) is 1. The summed E-state index contributed by atoms with van der Waals surface area (Å²) in [6.45, 7) is 1.17. The van der Waals surface area contributed by atoms with Gasteiger partial charge in [-0.05, 0) is 50.4 Å². The zero-order valence-electron chi connectivity index (χ0n) is 17.7. The molecule has 0 unspecified atom stereocenters. The van der Waals surface area contributed by atoms with E-state index in [-0.39, 0.29) is 23.5 Å². The van der Waals surface area contributed by atoms with Crippen LogP contribution in [0.5, 0.6) is 0 Å². The third-order valence-corrected chi connectivity index (χ3v) is 6.58. The predicted molar refractivity (Wildman–Crippen MR) is 112 cm³/mol. The molecular formula is C22H30FN5O2. The van der Waals surface area contributed by atoms with E-state index in [0.717, 1.165) is 62.1 Å². The Bertz CT molecular complexity index is 865. The molecule has 1 aromatic heterocycles. The first-order chi connectivity index (χ1) is 14.6. The van der Waals surface area contributed by atoms with Crippen molar-refractivity contribution in [3.8, 4) is 0 Å². The SMILES string of the molecule is CNCCc1cn([C@H](CF)C2(c3ccc(N4CCC[C@@H]4C(=O)OC)cc3)CC2)nn1. The number of hydrogen-bond donors (Lipinski definition) is 1. The van der Waals surface area contributed by atoms with E-state index in [1.807, 2.05) is 25.4 Å². The fraction of sp³-hybridized carbons (Fsp3) is 0.591. The Balaban J connectivity index is 1.53. The molecule has 0 amide bonds. The molecule has 0 radical (unpaired) electrons. The largest absolute Gasteiger partial charge is 0.467 e. The van der Waals surface area contributed by atoms with Gasteiger partial charge in [-0.3, -0.25) is 0 Å². The number of anilines is 1. The summed E-state index contributed by atoms with van der Waals surface area (Å²) in [5, 5.41) is 11.5. The van der Waals surface area contributed by atoms with Crippen LogP contribution < -0.4 is 10.2 Å². The number of likely N-dealkylation sites (N-methyl/N-ethyl adjacent to an activating group) is 1. The normalized spacial score (nSPS) is 20.9. The molecule has 2 atom stereocenters. The van der Waals surface area contributed by atoms with Gasteiger partial charge in [-0.2, -0.15) is 0 Å². The van der Waals surface area contributed by atoms with Gasteiger partial charge in [0.25, 0.3) is 0 Å². The van der Waals surface area contributed by atoms with E-state index >= 15 is 0 Å². The zero-order chi connectivity index (χ0) is 21.1. The van der Waals surface area contributed by atoms with Gasteiger partial charge in [-0.25, -0.2) is 13.9 Å². The van der Waals surface area contributed by atoms with Gasteiger partial charge in [0, 0.05) is 36.8 Å². The van der Waals surface area contributed by atoms with E-state index in [4.69, 9.17) is 4.74 Å². The van der Waals surface area contributed by atoms with Crippen molar-refractivity contribution in [2.75, 3.05) is 38.8 Å². The molecule has 1 aromatic carbocycles. The molecule has 0 spiro atoms. The minimum Gasteiger partial charge on any atom is -0.467 e. The molecule has 30 heavy (non-hydrogen) atoms. The highest BCUT2D eigenvalue weighted by Gasteiger charge is 2.52. The quantitative estimate of drug-likeness (QED) is 0.634. The third kappa shape index (κ3) is 3.80. The Morgan fingerprint density at radius 1 is 1.37 bits per heavy atom. The number of esters is 1. The highest BCUT2D eigenvalue weighted by atomic mass is 19.1. The van der Waals surface area contributed by atoms with Crippen molar-refractivity contribution in [2.24, 2.45) is 0 Å².